The molecule has 0 aliphatic heterocycles. The van der Waals surface area contributed by atoms with Gasteiger partial charge in [-0.1, -0.05) is 31.0 Å². The van der Waals surface area contributed by atoms with Gasteiger partial charge in [0.2, 0.25) is 0 Å². The van der Waals surface area contributed by atoms with Gasteiger partial charge in [0.25, 0.3) is 0 Å². The highest BCUT2D eigenvalue weighted by atomic mass is 16.3. The average Bonchev–Trinajstić information content (AvgIpc) is 3.18. The molecular weight excluding hydrogens is 262 g/mol. The van der Waals surface area contributed by atoms with Gasteiger partial charge in [-0.25, -0.2) is 4.68 Å². The van der Waals surface area contributed by atoms with Gasteiger partial charge in [-0.05, 0) is 25.0 Å². The van der Waals surface area contributed by atoms with Crippen LogP contribution in [0.3, 0.4) is 0 Å². The normalized spacial score (nSPS) is 17.2. The lowest BCUT2D eigenvalue weighted by Crippen LogP contribution is -2.34. The summed E-state index contributed by atoms with van der Waals surface area (Å²) in [7, 11) is 0. The van der Waals surface area contributed by atoms with Crippen LogP contribution in [0, 0.1) is 5.41 Å². The van der Waals surface area contributed by atoms with Crippen LogP contribution in [0.15, 0.2) is 42.7 Å². The molecule has 1 aliphatic carbocycles. The van der Waals surface area contributed by atoms with E-state index in [-0.39, 0.29) is 5.41 Å². The molecule has 0 spiro atoms. The SMILES string of the molecule is OCC1(CNCc2cnn(-c3ccccc3)c2)CCCC1. The smallest absolute Gasteiger partial charge is 0.0645 e. The molecular formula is C17H23N3O. The molecule has 112 valence electrons. The first-order valence-electron chi connectivity index (χ1n) is 7.72. The number of nitrogens with one attached hydrogen (secondary N) is 1. The first kappa shape index (κ1) is 14.3. The van der Waals surface area contributed by atoms with Gasteiger partial charge in [-0.15, -0.1) is 0 Å². The molecule has 0 atom stereocenters. The quantitative estimate of drug-likeness (QED) is 0.857. The van der Waals surface area contributed by atoms with Crippen molar-refractivity contribution in [1.29, 1.82) is 0 Å². The van der Waals surface area contributed by atoms with Crippen molar-refractivity contribution in [2.45, 2.75) is 32.2 Å². The van der Waals surface area contributed by atoms with Gasteiger partial charge in [0.15, 0.2) is 0 Å². The molecule has 0 saturated heterocycles. The van der Waals surface area contributed by atoms with Crippen LogP contribution in [-0.4, -0.2) is 28.0 Å². The molecule has 4 heteroatoms. The van der Waals surface area contributed by atoms with Crippen molar-refractivity contribution < 1.29 is 5.11 Å². The number of aromatic nitrogens is 2. The fourth-order valence-electron chi connectivity index (χ4n) is 3.16. The maximum Gasteiger partial charge on any atom is 0.0645 e. The van der Waals surface area contributed by atoms with Crippen molar-refractivity contribution in [2.24, 2.45) is 5.41 Å². The Hall–Kier alpha value is -1.65. The topological polar surface area (TPSA) is 50.1 Å². The Morgan fingerprint density at radius 3 is 2.67 bits per heavy atom. The molecule has 2 N–H and O–H groups in total. The standard InChI is InChI=1S/C17H23N3O/c21-14-17(8-4-5-9-17)13-18-10-15-11-19-20(12-15)16-6-2-1-3-7-16/h1-3,6-7,11-12,18,21H,4-5,8-10,13-14H2. The van der Waals surface area contributed by atoms with E-state index in [9.17, 15) is 5.11 Å². The molecule has 1 fully saturated rings. The van der Waals surface area contributed by atoms with Gasteiger partial charge < -0.3 is 10.4 Å². The Labute approximate surface area is 125 Å². The molecule has 4 nitrogen and oxygen atoms in total. The summed E-state index contributed by atoms with van der Waals surface area (Å²) in [4.78, 5) is 0. The van der Waals surface area contributed by atoms with Gasteiger partial charge in [-0.2, -0.15) is 5.10 Å². The maximum atomic E-state index is 9.61. The minimum absolute atomic E-state index is 0.107. The zero-order valence-electron chi connectivity index (χ0n) is 12.3. The highest BCUT2D eigenvalue weighted by molar-refractivity contribution is 5.30. The zero-order chi connectivity index (χ0) is 14.5. The van der Waals surface area contributed by atoms with E-state index in [4.69, 9.17) is 0 Å². The van der Waals surface area contributed by atoms with E-state index < -0.39 is 0 Å². The lowest BCUT2D eigenvalue weighted by Gasteiger charge is -2.26. The fraction of sp³-hybridized carbons (Fsp3) is 0.471. The van der Waals surface area contributed by atoms with Crippen LogP contribution in [0.1, 0.15) is 31.2 Å². The number of benzene rings is 1. The summed E-state index contributed by atoms with van der Waals surface area (Å²) < 4.78 is 1.90. The van der Waals surface area contributed by atoms with E-state index in [1.807, 2.05) is 41.2 Å². The van der Waals surface area contributed by atoms with Crippen molar-refractivity contribution in [2.75, 3.05) is 13.2 Å². The summed E-state index contributed by atoms with van der Waals surface area (Å²) >= 11 is 0. The number of hydrogen-bond acceptors (Lipinski definition) is 3. The number of rotatable bonds is 6. The van der Waals surface area contributed by atoms with Crippen LogP contribution >= 0.6 is 0 Å². The van der Waals surface area contributed by atoms with Crippen molar-refractivity contribution in [1.82, 2.24) is 15.1 Å². The Morgan fingerprint density at radius 1 is 1.19 bits per heavy atom. The lowest BCUT2D eigenvalue weighted by molar-refractivity contribution is 0.128. The third-order valence-electron chi connectivity index (χ3n) is 4.49. The Balaban J connectivity index is 1.56. The summed E-state index contributed by atoms with van der Waals surface area (Å²) in [5.41, 5.74) is 2.35. The summed E-state index contributed by atoms with van der Waals surface area (Å²) in [5.74, 6) is 0. The third kappa shape index (κ3) is 3.34. The van der Waals surface area contributed by atoms with Crippen LogP contribution in [-0.2, 0) is 6.54 Å². The van der Waals surface area contributed by atoms with Gasteiger partial charge in [0.1, 0.15) is 0 Å². The maximum absolute atomic E-state index is 9.61. The molecule has 1 aliphatic rings. The summed E-state index contributed by atoms with van der Waals surface area (Å²) in [5, 5.41) is 17.5. The monoisotopic (exact) mass is 285 g/mol. The fourth-order valence-corrected chi connectivity index (χ4v) is 3.16. The summed E-state index contributed by atoms with van der Waals surface area (Å²) in [6.45, 7) is 1.98. The predicted molar refractivity (Wildman–Crippen MR) is 83.3 cm³/mol. The van der Waals surface area contributed by atoms with Gasteiger partial charge in [-0.3, -0.25) is 0 Å². The minimum Gasteiger partial charge on any atom is -0.396 e. The summed E-state index contributed by atoms with van der Waals surface area (Å²) in [6.07, 6.45) is 8.73. The molecule has 0 bridgehead atoms. The predicted octanol–water partition coefficient (Wildman–Crippen LogP) is 2.51. The molecule has 3 rings (SSSR count). The average molecular weight is 285 g/mol. The minimum atomic E-state index is 0.107. The molecule has 0 radical (unpaired) electrons. The highest BCUT2D eigenvalue weighted by Crippen LogP contribution is 2.36. The van der Waals surface area contributed by atoms with Gasteiger partial charge >= 0.3 is 0 Å². The third-order valence-corrected chi connectivity index (χ3v) is 4.49. The Kier molecular flexibility index (Phi) is 4.36. The Bertz CT molecular complexity index is 558. The molecule has 1 heterocycles. The van der Waals surface area contributed by atoms with Gasteiger partial charge in [0, 0.05) is 36.9 Å². The van der Waals surface area contributed by atoms with E-state index in [1.165, 1.54) is 18.4 Å². The highest BCUT2D eigenvalue weighted by Gasteiger charge is 2.32. The molecule has 0 unspecified atom stereocenters. The van der Waals surface area contributed by atoms with Crippen molar-refractivity contribution in [3.8, 4) is 5.69 Å². The molecule has 1 aromatic carbocycles. The number of nitrogens with zero attached hydrogens (tertiary/aromatic N) is 2. The van der Waals surface area contributed by atoms with Crippen LogP contribution in [0.25, 0.3) is 5.69 Å². The van der Waals surface area contributed by atoms with E-state index in [0.29, 0.717) is 6.61 Å². The van der Waals surface area contributed by atoms with E-state index >= 15 is 0 Å². The second kappa shape index (κ2) is 6.41. The second-order valence-corrected chi connectivity index (χ2v) is 6.10. The first-order chi connectivity index (χ1) is 10.3. The number of aliphatic hydroxyl groups is 1. The first-order valence-corrected chi connectivity index (χ1v) is 7.72. The summed E-state index contributed by atoms with van der Waals surface area (Å²) in [6, 6.07) is 10.1. The van der Waals surface area contributed by atoms with E-state index in [1.54, 1.807) is 0 Å². The molecule has 1 aromatic heterocycles. The molecule has 21 heavy (non-hydrogen) atoms. The van der Waals surface area contributed by atoms with Crippen LogP contribution in [0.2, 0.25) is 0 Å². The number of aliphatic hydroxyl groups excluding tert-OH is 1. The van der Waals surface area contributed by atoms with Crippen molar-refractivity contribution in [3.05, 3.63) is 48.3 Å². The van der Waals surface area contributed by atoms with Gasteiger partial charge in [0.05, 0.1) is 11.9 Å². The van der Waals surface area contributed by atoms with Crippen molar-refractivity contribution in [3.63, 3.8) is 0 Å². The van der Waals surface area contributed by atoms with Crippen LogP contribution < -0.4 is 5.32 Å². The second-order valence-electron chi connectivity index (χ2n) is 6.10. The number of para-hydroxylation sites is 1. The van der Waals surface area contributed by atoms with Crippen LogP contribution in [0.5, 0.6) is 0 Å². The van der Waals surface area contributed by atoms with Crippen molar-refractivity contribution >= 4 is 0 Å². The lowest BCUT2D eigenvalue weighted by atomic mass is 9.87. The van der Waals surface area contributed by atoms with E-state index in [0.717, 1.165) is 31.6 Å². The molecule has 2 aromatic rings. The largest absolute Gasteiger partial charge is 0.396 e. The molecule has 1 saturated carbocycles. The Morgan fingerprint density at radius 2 is 1.95 bits per heavy atom. The van der Waals surface area contributed by atoms with E-state index in [2.05, 4.69) is 16.6 Å². The zero-order valence-corrected chi connectivity index (χ0v) is 12.3. The number of hydrogen-bond donors (Lipinski definition) is 2. The molecule has 0 amide bonds. The van der Waals surface area contributed by atoms with Crippen LogP contribution in [0.4, 0.5) is 0 Å².